The largest absolute Gasteiger partial charge is 0.439 e. The van der Waals surface area contributed by atoms with Gasteiger partial charge in [-0.15, -0.1) is 0 Å². The van der Waals surface area contributed by atoms with Crippen molar-refractivity contribution >= 4 is 11.6 Å². The fraction of sp³-hybridized carbons (Fsp3) is 0.312. The Balaban J connectivity index is 2.27. The zero-order valence-corrected chi connectivity index (χ0v) is 12.5. The molecule has 0 aliphatic rings. The van der Waals surface area contributed by atoms with E-state index in [1.165, 1.54) is 5.56 Å². The van der Waals surface area contributed by atoms with Crippen LogP contribution < -0.4 is 4.74 Å². The zero-order chi connectivity index (χ0) is 14.0. The number of benzene rings is 1. The van der Waals surface area contributed by atoms with Crippen molar-refractivity contribution in [3.8, 4) is 11.6 Å². The number of aryl methyl sites for hydroxylation is 1. The number of hydrogen-bond donors (Lipinski definition) is 0. The summed E-state index contributed by atoms with van der Waals surface area (Å²) in [6.07, 6.45) is 0. The molecule has 0 radical (unpaired) electrons. The van der Waals surface area contributed by atoms with Gasteiger partial charge in [-0.25, -0.2) is 4.98 Å². The maximum absolute atomic E-state index is 5.84. The molecule has 0 N–H and O–H groups in total. The second kappa shape index (κ2) is 5.22. The molecule has 0 atom stereocenters. The molecule has 1 heterocycles. The molecule has 3 heteroatoms. The lowest BCUT2D eigenvalue weighted by atomic mass is 9.86. The first kappa shape index (κ1) is 13.9. The third-order valence-corrected chi connectivity index (χ3v) is 3.16. The van der Waals surface area contributed by atoms with Crippen LogP contribution in [-0.4, -0.2) is 4.98 Å². The quantitative estimate of drug-likeness (QED) is 0.709. The highest BCUT2D eigenvalue weighted by molar-refractivity contribution is 6.29. The lowest BCUT2D eigenvalue weighted by Crippen LogP contribution is -2.11. The van der Waals surface area contributed by atoms with Crippen LogP contribution in [0.15, 0.2) is 36.4 Å². The molecule has 0 spiro atoms. The number of pyridine rings is 1. The first-order chi connectivity index (χ1) is 8.86. The van der Waals surface area contributed by atoms with Crippen LogP contribution in [0.5, 0.6) is 11.6 Å². The molecule has 2 rings (SSSR count). The zero-order valence-electron chi connectivity index (χ0n) is 11.7. The molecular weight excluding hydrogens is 258 g/mol. The summed E-state index contributed by atoms with van der Waals surface area (Å²) >= 11 is 5.84. The predicted molar refractivity (Wildman–Crippen MR) is 79.2 cm³/mol. The number of ether oxygens (including phenoxy) is 1. The topological polar surface area (TPSA) is 22.1 Å². The number of hydrogen-bond acceptors (Lipinski definition) is 2. The van der Waals surface area contributed by atoms with Crippen LogP contribution in [0.25, 0.3) is 0 Å². The second-order valence-corrected chi connectivity index (χ2v) is 6.02. The highest BCUT2D eigenvalue weighted by atomic mass is 35.5. The minimum atomic E-state index is 0.137. The summed E-state index contributed by atoms with van der Waals surface area (Å²) in [4.78, 5) is 4.12. The van der Waals surface area contributed by atoms with Gasteiger partial charge >= 0.3 is 0 Å². The van der Waals surface area contributed by atoms with Crippen molar-refractivity contribution in [2.24, 2.45) is 0 Å². The summed E-state index contributed by atoms with van der Waals surface area (Å²) in [5, 5.41) is 0.432. The Morgan fingerprint density at radius 2 is 1.84 bits per heavy atom. The Morgan fingerprint density at radius 3 is 2.42 bits per heavy atom. The Morgan fingerprint density at radius 1 is 1.11 bits per heavy atom. The maximum Gasteiger partial charge on any atom is 0.220 e. The Hall–Kier alpha value is -1.54. The third kappa shape index (κ3) is 3.48. The van der Waals surface area contributed by atoms with E-state index in [-0.39, 0.29) is 5.41 Å². The molecule has 0 fully saturated rings. The molecule has 0 saturated heterocycles. The monoisotopic (exact) mass is 275 g/mol. The molecule has 19 heavy (non-hydrogen) atoms. The van der Waals surface area contributed by atoms with Crippen molar-refractivity contribution in [1.82, 2.24) is 4.98 Å². The Bertz CT molecular complexity index is 588. The molecule has 100 valence electrons. The van der Waals surface area contributed by atoms with E-state index in [0.717, 1.165) is 11.3 Å². The summed E-state index contributed by atoms with van der Waals surface area (Å²) in [5.41, 5.74) is 2.52. The predicted octanol–water partition coefficient (Wildman–Crippen LogP) is 5.13. The van der Waals surface area contributed by atoms with Crippen molar-refractivity contribution in [3.63, 3.8) is 0 Å². The van der Waals surface area contributed by atoms with E-state index in [1.807, 2.05) is 19.1 Å². The van der Waals surface area contributed by atoms with Crippen molar-refractivity contribution < 1.29 is 4.74 Å². The van der Waals surface area contributed by atoms with Gasteiger partial charge in [-0.2, -0.15) is 0 Å². The molecule has 0 bridgehead atoms. The van der Waals surface area contributed by atoms with Crippen LogP contribution in [0.4, 0.5) is 0 Å². The van der Waals surface area contributed by atoms with Gasteiger partial charge in [-0.1, -0.05) is 50.6 Å². The fourth-order valence-corrected chi connectivity index (χ4v) is 1.95. The standard InChI is InChI=1S/C16H18ClNO/c1-11-10-12(16(2,3)4)8-9-13(11)19-15-7-5-6-14(17)18-15/h5-10H,1-4H3. The number of aromatic nitrogens is 1. The van der Waals surface area contributed by atoms with Gasteiger partial charge in [0.25, 0.3) is 0 Å². The lowest BCUT2D eigenvalue weighted by molar-refractivity contribution is 0.458. The third-order valence-electron chi connectivity index (χ3n) is 2.95. The summed E-state index contributed by atoms with van der Waals surface area (Å²) in [7, 11) is 0. The Labute approximate surface area is 119 Å². The average molecular weight is 276 g/mol. The van der Waals surface area contributed by atoms with Crippen LogP contribution in [-0.2, 0) is 5.41 Å². The number of rotatable bonds is 2. The molecule has 2 nitrogen and oxygen atoms in total. The maximum atomic E-state index is 5.84. The minimum Gasteiger partial charge on any atom is -0.439 e. The summed E-state index contributed by atoms with van der Waals surface area (Å²) in [5.74, 6) is 1.32. The molecule has 1 aromatic heterocycles. The van der Waals surface area contributed by atoms with Crippen molar-refractivity contribution in [2.45, 2.75) is 33.1 Å². The van der Waals surface area contributed by atoms with Crippen LogP contribution in [0.1, 0.15) is 31.9 Å². The summed E-state index contributed by atoms with van der Waals surface area (Å²) < 4.78 is 5.76. The highest BCUT2D eigenvalue weighted by Crippen LogP contribution is 2.29. The first-order valence-corrected chi connectivity index (χ1v) is 6.65. The lowest BCUT2D eigenvalue weighted by Gasteiger charge is -2.20. The molecule has 0 aliphatic carbocycles. The van der Waals surface area contributed by atoms with E-state index in [2.05, 4.69) is 37.9 Å². The molecule has 0 amide bonds. The number of nitrogens with zero attached hydrogens (tertiary/aromatic N) is 1. The van der Waals surface area contributed by atoms with Crippen LogP contribution >= 0.6 is 11.6 Å². The molecule has 0 aliphatic heterocycles. The fourth-order valence-electron chi connectivity index (χ4n) is 1.79. The smallest absolute Gasteiger partial charge is 0.220 e. The van der Waals surface area contributed by atoms with Gasteiger partial charge in [0.1, 0.15) is 10.9 Å². The van der Waals surface area contributed by atoms with Crippen molar-refractivity contribution in [1.29, 1.82) is 0 Å². The van der Waals surface area contributed by atoms with Gasteiger partial charge in [-0.3, -0.25) is 0 Å². The molecular formula is C16H18ClNO. The molecule has 0 unspecified atom stereocenters. The minimum absolute atomic E-state index is 0.137. The summed E-state index contributed by atoms with van der Waals surface area (Å²) in [6, 6.07) is 11.6. The average Bonchev–Trinajstić information content (AvgIpc) is 2.30. The van der Waals surface area contributed by atoms with Crippen LogP contribution in [0.2, 0.25) is 5.15 Å². The molecule has 2 aromatic rings. The van der Waals surface area contributed by atoms with Crippen molar-refractivity contribution in [2.75, 3.05) is 0 Å². The molecule has 1 aromatic carbocycles. The van der Waals surface area contributed by atoms with E-state index in [4.69, 9.17) is 16.3 Å². The Kier molecular flexibility index (Phi) is 3.81. The van der Waals surface area contributed by atoms with Crippen molar-refractivity contribution in [3.05, 3.63) is 52.7 Å². The van der Waals surface area contributed by atoms with Crippen LogP contribution in [0.3, 0.4) is 0 Å². The van der Waals surface area contributed by atoms with Gasteiger partial charge < -0.3 is 4.74 Å². The van der Waals surface area contributed by atoms with Gasteiger partial charge in [0.2, 0.25) is 5.88 Å². The van der Waals surface area contributed by atoms with Gasteiger partial charge in [0, 0.05) is 6.07 Å². The highest BCUT2D eigenvalue weighted by Gasteiger charge is 2.15. The SMILES string of the molecule is Cc1cc(C(C)(C)C)ccc1Oc1cccc(Cl)n1. The normalized spacial score (nSPS) is 11.4. The van der Waals surface area contributed by atoms with Crippen LogP contribution in [0, 0.1) is 6.92 Å². The number of halogens is 1. The second-order valence-electron chi connectivity index (χ2n) is 5.63. The summed E-state index contributed by atoms with van der Waals surface area (Å²) in [6.45, 7) is 8.62. The first-order valence-electron chi connectivity index (χ1n) is 6.28. The van der Waals surface area contributed by atoms with Gasteiger partial charge in [-0.05, 0) is 35.6 Å². The van der Waals surface area contributed by atoms with Gasteiger partial charge in [0.15, 0.2) is 0 Å². The van der Waals surface area contributed by atoms with Gasteiger partial charge in [0.05, 0.1) is 0 Å². The van der Waals surface area contributed by atoms with E-state index in [1.54, 1.807) is 12.1 Å². The van der Waals surface area contributed by atoms with E-state index in [9.17, 15) is 0 Å². The van der Waals surface area contributed by atoms with E-state index in [0.29, 0.717) is 11.0 Å². The van der Waals surface area contributed by atoms with E-state index >= 15 is 0 Å². The molecule has 0 saturated carbocycles. The van der Waals surface area contributed by atoms with E-state index < -0.39 is 0 Å².